The maximum atomic E-state index is 12.7. The average molecular weight is 425 g/mol. The Morgan fingerprint density at radius 1 is 1.00 bits per heavy atom. The van der Waals surface area contributed by atoms with Crippen LogP contribution in [0.15, 0.2) is 0 Å². The zero-order chi connectivity index (χ0) is 22.3. The van der Waals surface area contributed by atoms with Gasteiger partial charge < -0.3 is 14.2 Å². The van der Waals surface area contributed by atoms with Gasteiger partial charge in [0.25, 0.3) is 0 Å². The van der Waals surface area contributed by atoms with Crippen molar-refractivity contribution in [2.24, 2.45) is 23.7 Å². The van der Waals surface area contributed by atoms with Crippen LogP contribution in [0, 0.1) is 23.7 Å². The van der Waals surface area contributed by atoms with Gasteiger partial charge in [-0.3, -0.25) is 9.59 Å². The van der Waals surface area contributed by atoms with Crippen molar-refractivity contribution in [1.82, 2.24) is 0 Å². The Morgan fingerprint density at radius 3 is 2.17 bits per heavy atom. The number of hydrogen-bond acceptors (Lipinski definition) is 5. The second-order valence-corrected chi connectivity index (χ2v) is 10.6. The van der Waals surface area contributed by atoms with Crippen molar-refractivity contribution in [2.75, 3.05) is 6.61 Å². The first-order chi connectivity index (χ1) is 14.1. The second-order valence-electron chi connectivity index (χ2n) is 10.6. The highest BCUT2D eigenvalue weighted by molar-refractivity contribution is 5.79. The van der Waals surface area contributed by atoms with Crippen LogP contribution in [0.2, 0.25) is 0 Å². The van der Waals surface area contributed by atoms with Gasteiger partial charge in [0, 0.05) is 6.61 Å². The third kappa shape index (κ3) is 8.95. The summed E-state index contributed by atoms with van der Waals surface area (Å²) in [6, 6.07) is 0. The van der Waals surface area contributed by atoms with Crippen molar-refractivity contribution in [1.29, 1.82) is 0 Å². The number of carbonyl (C=O) groups is 2. The van der Waals surface area contributed by atoms with E-state index in [1.165, 1.54) is 38.5 Å². The van der Waals surface area contributed by atoms with Crippen LogP contribution in [0.5, 0.6) is 0 Å². The van der Waals surface area contributed by atoms with Gasteiger partial charge >= 0.3 is 11.9 Å². The molecule has 2 rings (SSSR count). The molecule has 0 aromatic rings. The van der Waals surface area contributed by atoms with Crippen LogP contribution < -0.4 is 0 Å². The van der Waals surface area contributed by atoms with Gasteiger partial charge in [0.1, 0.15) is 11.7 Å². The van der Waals surface area contributed by atoms with Crippen LogP contribution >= 0.6 is 0 Å². The van der Waals surface area contributed by atoms with E-state index in [-0.39, 0.29) is 30.6 Å². The molecule has 30 heavy (non-hydrogen) atoms. The third-order valence-corrected chi connectivity index (χ3v) is 6.38. The van der Waals surface area contributed by atoms with Crippen molar-refractivity contribution in [2.45, 2.75) is 117 Å². The Kier molecular flexibility index (Phi) is 9.65. The van der Waals surface area contributed by atoms with E-state index >= 15 is 0 Å². The topological polar surface area (TPSA) is 61.8 Å². The lowest BCUT2D eigenvalue weighted by molar-refractivity contribution is -0.169. The first-order valence-corrected chi connectivity index (χ1v) is 12.1. The minimum absolute atomic E-state index is 0.0374. The van der Waals surface area contributed by atoms with Crippen molar-refractivity contribution in [3.63, 3.8) is 0 Å². The molecule has 4 atom stereocenters. The Hall–Kier alpha value is -1.10. The molecule has 2 fully saturated rings. The van der Waals surface area contributed by atoms with Gasteiger partial charge in [-0.25, -0.2) is 0 Å². The lowest BCUT2D eigenvalue weighted by Gasteiger charge is -2.33. The summed E-state index contributed by atoms with van der Waals surface area (Å²) in [5.74, 6) is 0.608. The van der Waals surface area contributed by atoms with Crippen LogP contribution in [0.3, 0.4) is 0 Å². The predicted octanol–water partition coefficient (Wildman–Crippen LogP) is 5.69. The summed E-state index contributed by atoms with van der Waals surface area (Å²) in [6.45, 7) is 12.1. The smallest absolute Gasteiger partial charge is 0.309 e. The highest BCUT2D eigenvalue weighted by atomic mass is 16.6. The Morgan fingerprint density at radius 2 is 1.63 bits per heavy atom. The fourth-order valence-electron chi connectivity index (χ4n) is 4.48. The standard InChI is InChI=1S/C25H44O5/c1-7-21(15-19-10-8-9-11-19)23(28-16-20-12-13-20)18(3)29-24(27)17(2)14-22(26)30-25(4,5)6/h17-21,23H,7-16H2,1-6H3/t17-,18+,21-,23+/m1/s1. The molecule has 5 nitrogen and oxygen atoms in total. The number of carbonyl (C=O) groups excluding carboxylic acids is 2. The Balaban J connectivity index is 1.92. The molecule has 0 saturated heterocycles. The molecule has 0 N–H and O–H groups in total. The van der Waals surface area contributed by atoms with Gasteiger partial charge in [-0.05, 0) is 64.7 Å². The van der Waals surface area contributed by atoms with Gasteiger partial charge in [-0.2, -0.15) is 0 Å². The lowest BCUT2D eigenvalue weighted by Crippen LogP contribution is -2.39. The summed E-state index contributed by atoms with van der Waals surface area (Å²) in [5.41, 5.74) is -0.551. The monoisotopic (exact) mass is 424 g/mol. The predicted molar refractivity (Wildman–Crippen MR) is 118 cm³/mol. The normalized spacial score (nSPS) is 21.7. The molecule has 0 radical (unpaired) electrons. The number of ether oxygens (including phenoxy) is 3. The molecule has 0 aromatic carbocycles. The van der Waals surface area contributed by atoms with Crippen LogP contribution in [0.25, 0.3) is 0 Å². The first kappa shape index (κ1) is 25.2. The largest absolute Gasteiger partial charge is 0.460 e. The van der Waals surface area contributed by atoms with Gasteiger partial charge in [0.05, 0.1) is 18.4 Å². The molecule has 0 aliphatic heterocycles. The molecule has 2 aliphatic rings. The van der Waals surface area contributed by atoms with E-state index in [2.05, 4.69) is 6.92 Å². The summed E-state index contributed by atoms with van der Waals surface area (Å²) >= 11 is 0. The van der Waals surface area contributed by atoms with Gasteiger partial charge in [-0.1, -0.05) is 46.0 Å². The van der Waals surface area contributed by atoms with E-state index in [1.807, 2.05) is 27.7 Å². The number of rotatable bonds is 12. The van der Waals surface area contributed by atoms with Gasteiger partial charge in [0.15, 0.2) is 0 Å². The molecular weight excluding hydrogens is 380 g/mol. The Bertz CT molecular complexity index is 542. The van der Waals surface area contributed by atoms with Gasteiger partial charge in [0.2, 0.25) is 0 Å². The highest BCUT2D eigenvalue weighted by Gasteiger charge is 2.35. The van der Waals surface area contributed by atoms with E-state index < -0.39 is 11.5 Å². The van der Waals surface area contributed by atoms with E-state index in [0.29, 0.717) is 11.8 Å². The molecule has 0 unspecified atom stereocenters. The Labute approximate surface area is 183 Å². The van der Waals surface area contributed by atoms with Crippen molar-refractivity contribution >= 4 is 11.9 Å². The fourth-order valence-corrected chi connectivity index (χ4v) is 4.48. The van der Waals surface area contributed by atoms with E-state index in [0.717, 1.165) is 25.4 Å². The van der Waals surface area contributed by atoms with Crippen LogP contribution in [0.4, 0.5) is 0 Å². The highest BCUT2D eigenvalue weighted by Crippen LogP contribution is 2.36. The van der Waals surface area contributed by atoms with E-state index in [4.69, 9.17) is 14.2 Å². The summed E-state index contributed by atoms with van der Waals surface area (Å²) in [5, 5.41) is 0. The maximum Gasteiger partial charge on any atom is 0.309 e. The van der Waals surface area contributed by atoms with Crippen molar-refractivity contribution in [3.05, 3.63) is 0 Å². The van der Waals surface area contributed by atoms with Crippen LogP contribution in [-0.4, -0.2) is 36.4 Å². The lowest BCUT2D eigenvalue weighted by atomic mass is 9.85. The zero-order valence-corrected chi connectivity index (χ0v) is 20.1. The van der Waals surface area contributed by atoms with Crippen LogP contribution in [0.1, 0.15) is 99.3 Å². The summed E-state index contributed by atoms with van der Waals surface area (Å²) < 4.78 is 17.5. The SMILES string of the molecule is CC[C@H](CC1CCCC1)[C@@H](OCC1CC1)[C@H](C)OC(=O)[C@H](C)CC(=O)OC(C)(C)C. The first-order valence-electron chi connectivity index (χ1n) is 12.1. The third-order valence-electron chi connectivity index (χ3n) is 6.38. The number of hydrogen-bond donors (Lipinski definition) is 0. The molecule has 0 spiro atoms. The molecular formula is C25H44O5. The number of esters is 2. The molecule has 2 saturated carbocycles. The molecule has 0 amide bonds. The van der Waals surface area contributed by atoms with Gasteiger partial charge in [-0.15, -0.1) is 0 Å². The minimum atomic E-state index is -0.551. The van der Waals surface area contributed by atoms with E-state index in [9.17, 15) is 9.59 Å². The molecule has 2 aliphatic carbocycles. The van der Waals surface area contributed by atoms with Crippen molar-refractivity contribution < 1.29 is 23.8 Å². The van der Waals surface area contributed by atoms with E-state index in [1.54, 1.807) is 6.92 Å². The minimum Gasteiger partial charge on any atom is -0.460 e. The summed E-state index contributed by atoms with van der Waals surface area (Å²) in [7, 11) is 0. The quantitative estimate of drug-likeness (QED) is 0.377. The average Bonchev–Trinajstić information content (AvgIpc) is 3.32. The fraction of sp³-hybridized carbons (Fsp3) is 0.920. The molecule has 5 heteroatoms. The summed E-state index contributed by atoms with van der Waals surface area (Å²) in [6.07, 6.45) is 9.61. The zero-order valence-electron chi connectivity index (χ0n) is 20.1. The molecule has 174 valence electrons. The van der Waals surface area contributed by atoms with Crippen molar-refractivity contribution in [3.8, 4) is 0 Å². The second kappa shape index (κ2) is 11.5. The molecule has 0 heterocycles. The van der Waals surface area contributed by atoms with Crippen LogP contribution in [-0.2, 0) is 23.8 Å². The summed E-state index contributed by atoms with van der Waals surface area (Å²) in [4.78, 5) is 24.8. The molecule has 0 aromatic heterocycles. The maximum absolute atomic E-state index is 12.7. The molecule has 0 bridgehead atoms.